The highest BCUT2D eigenvalue weighted by molar-refractivity contribution is 7.13. The smallest absolute Gasteiger partial charge is 0.310 e. The fraction of sp³-hybridized carbons (Fsp3) is 0.353. The molecule has 3 rings (SSSR count). The van der Waals surface area contributed by atoms with Gasteiger partial charge in [-0.05, 0) is 31.0 Å². The highest BCUT2D eigenvalue weighted by atomic mass is 35.5. The Morgan fingerprint density at radius 1 is 1.29 bits per heavy atom. The summed E-state index contributed by atoms with van der Waals surface area (Å²) in [6.07, 6.45) is 2.26. The number of hydrogen-bond acceptors (Lipinski definition) is 4. The molecule has 2 aromatic rings. The monoisotopic (exact) mass is 383 g/mol. The van der Waals surface area contributed by atoms with Crippen molar-refractivity contribution in [2.24, 2.45) is 5.41 Å². The molecule has 4 nitrogen and oxygen atoms in total. The van der Waals surface area contributed by atoms with E-state index in [9.17, 15) is 14.7 Å². The van der Waals surface area contributed by atoms with Crippen molar-refractivity contribution in [3.63, 3.8) is 0 Å². The number of Topliss-reactive ketones (excluding diaryl/α,β-unsaturated/α-hetero) is 1. The molecule has 0 spiro atoms. The molecule has 0 unspecified atom stereocenters. The molecule has 0 bridgehead atoms. The van der Waals surface area contributed by atoms with Crippen molar-refractivity contribution in [2.45, 2.75) is 32.1 Å². The van der Waals surface area contributed by atoms with E-state index in [-0.39, 0.29) is 18.6 Å². The maximum Gasteiger partial charge on any atom is 0.310 e. The number of halogens is 2. The van der Waals surface area contributed by atoms with Gasteiger partial charge in [0.05, 0.1) is 16.1 Å². The third kappa shape index (κ3) is 3.48. The van der Waals surface area contributed by atoms with Crippen molar-refractivity contribution in [3.8, 4) is 10.6 Å². The predicted molar refractivity (Wildman–Crippen MR) is 94.8 cm³/mol. The zero-order chi connectivity index (χ0) is 17.3. The normalized spacial score (nSPS) is 15.8. The fourth-order valence-corrected chi connectivity index (χ4v) is 4.30. The highest BCUT2D eigenvalue weighted by Gasteiger charge is 2.45. The molecule has 1 aliphatic carbocycles. The summed E-state index contributed by atoms with van der Waals surface area (Å²) in [6, 6.07) is 5.18. The van der Waals surface area contributed by atoms with E-state index in [0.29, 0.717) is 28.6 Å². The molecule has 1 saturated carbocycles. The molecule has 1 N–H and O–H groups in total. The molecular weight excluding hydrogens is 369 g/mol. The Labute approximate surface area is 153 Å². The molecule has 0 amide bonds. The Hall–Kier alpha value is -1.43. The average Bonchev–Trinajstić information content (AvgIpc) is 2.90. The lowest BCUT2D eigenvalue weighted by Crippen LogP contribution is -2.40. The molecule has 0 aliphatic heterocycles. The minimum atomic E-state index is -0.867. The van der Waals surface area contributed by atoms with E-state index in [1.165, 1.54) is 11.3 Å². The number of carbonyl (C=O) groups is 2. The summed E-state index contributed by atoms with van der Waals surface area (Å²) in [4.78, 5) is 28.0. The van der Waals surface area contributed by atoms with Crippen LogP contribution in [0.25, 0.3) is 10.6 Å². The predicted octanol–water partition coefficient (Wildman–Crippen LogP) is 4.87. The molecular formula is C17H15Cl2NO3S. The van der Waals surface area contributed by atoms with Gasteiger partial charge in [0.2, 0.25) is 0 Å². The van der Waals surface area contributed by atoms with E-state index < -0.39 is 11.4 Å². The van der Waals surface area contributed by atoms with Crippen LogP contribution in [0, 0.1) is 5.41 Å². The van der Waals surface area contributed by atoms with Gasteiger partial charge < -0.3 is 5.11 Å². The number of nitrogens with zero attached hydrogens (tertiary/aromatic N) is 1. The van der Waals surface area contributed by atoms with Crippen LogP contribution in [-0.2, 0) is 16.0 Å². The number of hydrogen-bond donors (Lipinski definition) is 1. The number of carboxylic acids is 1. The first kappa shape index (κ1) is 17.4. The Balaban J connectivity index is 1.70. The number of thiazole rings is 1. The number of aromatic nitrogens is 1. The summed E-state index contributed by atoms with van der Waals surface area (Å²) in [7, 11) is 0. The molecule has 0 atom stereocenters. The fourth-order valence-electron chi connectivity index (χ4n) is 2.89. The Bertz CT molecular complexity index is 799. The van der Waals surface area contributed by atoms with E-state index in [1.807, 2.05) is 5.38 Å². The van der Waals surface area contributed by atoms with Gasteiger partial charge in [-0.15, -0.1) is 11.3 Å². The molecule has 1 fully saturated rings. The average molecular weight is 384 g/mol. The minimum absolute atomic E-state index is 0.0803. The quantitative estimate of drug-likeness (QED) is 0.771. The van der Waals surface area contributed by atoms with Crippen LogP contribution in [-0.4, -0.2) is 21.8 Å². The van der Waals surface area contributed by atoms with Gasteiger partial charge in [0.1, 0.15) is 10.8 Å². The van der Waals surface area contributed by atoms with Crippen LogP contribution in [0.5, 0.6) is 0 Å². The largest absolute Gasteiger partial charge is 0.481 e. The summed E-state index contributed by atoms with van der Waals surface area (Å²) in [5.74, 6) is -0.954. The van der Waals surface area contributed by atoms with Crippen molar-refractivity contribution in [1.82, 2.24) is 4.98 Å². The van der Waals surface area contributed by atoms with Crippen molar-refractivity contribution in [2.75, 3.05) is 0 Å². The van der Waals surface area contributed by atoms with Gasteiger partial charge in [0.15, 0.2) is 0 Å². The molecule has 126 valence electrons. The van der Waals surface area contributed by atoms with Gasteiger partial charge >= 0.3 is 5.97 Å². The van der Waals surface area contributed by atoms with Crippen LogP contribution < -0.4 is 0 Å². The lowest BCUT2D eigenvalue weighted by Gasteiger charge is -2.36. The number of aliphatic carboxylic acids is 1. The van der Waals surface area contributed by atoms with Crippen LogP contribution in [0.3, 0.4) is 0 Å². The highest BCUT2D eigenvalue weighted by Crippen LogP contribution is 2.44. The van der Waals surface area contributed by atoms with Crippen molar-refractivity contribution < 1.29 is 14.7 Å². The van der Waals surface area contributed by atoms with E-state index in [2.05, 4.69) is 4.98 Å². The van der Waals surface area contributed by atoms with Crippen LogP contribution in [0.1, 0.15) is 31.4 Å². The van der Waals surface area contributed by atoms with Crippen LogP contribution in [0.2, 0.25) is 10.0 Å². The van der Waals surface area contributed by atoms with E-state index in [4.69, 9.17) is 23.2 Å². The lowest BCUT2D eigenvalue weighted by molar-refractivity contribution is -0.157. The zero-order valence-corrected chi connectivity index (χ0v) is 15.0. The van der Waals surface area contributed by atoms with Gasteiger partial charge in [-0.3, -0.25) is 9.59 Å². The second kappa shape index (κ2) is 6.82. The molecule has 1 aromatic heterocycles. The number of ketones is 1. The third-order valence-corrected chi connectivity index (χ3v) is 5.86. The topological polar surface area (TPSA) is 67.3 Å². The molecule has 0 radical (unpaired) electrons. The number of carboxylic acid groups (broad SMARTS) is 1. The second-order valence-electron chi connectivity index (χ2n) is 6.10. The van der Waals surface area contributed by atoms with Gasteiger partial charge in [-0.25, -0.2) is 4.98 Å². The lowest BCUT2D eigenvalue weighted by atomic mass is 9.65. The van der Waals surface area contributed by atoms with Crippen LogP contribution >= 0.6 is 34.5 Å². The molecule has 7 heteroatoms. The SMILES string of the molecule is O=C(Cc1csc(-c2ccc(Cl)cc2Cl)n1)CC1(C(=O)O)CCC1. The molecule has 1 aliphatic rings. The van der Waals surface area contributed by atoms with Crippen LogP contribution in [0.4, 0.5) is 0 Å². The standard InChI is InChI=1S/C17H15Cl2NO3S/c18-10-2-3-13(14(19)6-10)15-20-11(9-24-15)7-12(21)8-17(16(22)23)4-1-5-17/h2-3,6,9H,1,4-5,7-8H2,(H,22,23). The van der Waals surface area contributed by atoms with E-state index in [0.717, 1.165) is 17.0 Å². The van der Waals surface area contributed by atoms with E-state index in [1.54, 1.807) is 18.2 Å². The first-order chi connectivity index (χ1) is 11.4. The minimum Gasteiger partial charge on any atom is -0.481 e. The van der Waals surface area contributed by atoms with Gasteiger partial charge in [0.25, 0.3) is 0 Å². The Morgan fingerprint density at radius 2 is 2.04 bits per heavy atom. The summed E-state index contributed by atoms with van der Waals surface area (Å²) >= 11 is 13.5. The summed E-state index contributed by atoms with van der Waals surface area (Å²) < 4.78 is 0. The first-order valence-corrected chi connectivity index (χ1v) is 9.18. The Morgan fingerprint density at radius 3 is 2.62 bits per heavy atom. The first-order valence-electron chi connectivity index (χ1n) is 7.54. The number of rotatable bonds is 6. The van der Waals surface area contributed by atoms with Gasteiger partial charge in [-0.1, -0.05) is 29.6 Å². The number of carbonyl (C=O) groups excluding carboxylic acids is 1. The van der Waals surface area contributed by atoms with Crippen molar-refractivity contribution >= 4 is 46.3 Å². The van der Waals surface area contributed by atoms with Crippen LogP contribution in [0.15, 0.2) is 23.6 Å². The van der Waals surface area contributed by atoms with Gasteiger partial charge in [0, 0.05) is 28.8 Å². The summed E-state index contributed by atoms with van der Waals surface area (Å²) in [5, 5.41) is 12.9. The van der Waals surface area contributed by atoms with E-state index >= 15 is 0 Å². The summed E-state index contributed by atoms with van der Waals surface area (Å²) in [5.41, 5.74) is 0.562. The Kier molecular flexibility index (Phi) is 4.95. The summed E-state index contributed by atoms with van der Waals surface area (Å²) in [6.45, 7) is 0. The maximum absolute atomic E-state index is 12.2. The number of benzene rings is 1. The van der Waals surface area contributed by atoms with Gasteiger partial charge in [-0.2, -0.15) is 0 Å². The second-order valence-corrected chi connectivity index (χ2v) is 7.80. The maximum atomic E-state index is 12.2. The molecule has 1 heterocycles. The molecule has 1 aromatic carbocycles. The zero-order valence-electron chi connectivity index (χ0n) is 12.7. The van der Waals surface area contributed by atoms with Crippen molar-refractivity contribution in [1.29, 1.82) is 0 Å². The third-order valence-electron chi connectivity index (χ3n) is 4.39. The molecule has 0 saturated heterocycles. The molecule has 24 heavy (non-hydrogen) atoms. The van der Waals surface area contributed by atoms with Crippen molar-refractivity contribution in [3.05, 3.63) is 39.3 Å².